The Bertz CT molecular complexity index is 2980. The molecule has 75 heavy (non-hydrogen) atoms. The summed E-state index contributed by atoms with van der Waals surface area (Å²) in [6.07, 6.45) is -0.0413. The van der Waals surface area contributed by atoms with Gasteiger partial charge in [0.05, 0.1) is 12.1 Å². The van der Waals surface area contributed by atoms with Gasteiger partial charge in [-0.1, -0.05) is 72.8 Å². The third-order valence-electron chi connectivity index (χ3n) is 12.9. The lowest BCUT2D eigenvalue weighted by molar-refractivity contribution is -0.131. The van der Waals surface area contributed by atoms with Crippen LogP contribution >= 0.6 is 0 Å². The van der Waals surface area contributed by atoms with Crippen LogP contribution < -0.4 is 30.0 Å². The number of nitrogens with zero attached hydrogens (tertiary/aromatic N) is 2. The Hall–Kier alpha value is -7.68. The van der Waals surface area contributed by atoms with E-state index in [0.717, 1.165) is 60.9 Å². The number of aliphatic carboxylic acids is 1. The van der Waals surface area contributed by atoms with Crippen LogP contribution in [0.4, 0.5) is 17.6 Å². The maximum atomic E-state index is 14.6. The minimum Gasteiger partial charge on any atom is -0.486 e. The lowest BCUT2D eigenvalue weighted by Crippen LogP contribution is -2.52. The van der Waals surface area contributed by atoms with E-state index in [9.17, 15) is 47.0 Å². The van der Waals surface area contributed by atoms with Gasteiger partial charge in [0.25, 0.3) is 11.7 Å². The van der Waals surface area contributed by atoms with Crippen molar-refractivity contribution < 1.29 is 72.4 Å². The maximum absolute atomic E-state index is 14.6. The van der Waals surface area contributed by atoms with Crippen LogP contribution in [0.2, 0.25) is 0 Å². The van der Waals surface area contributed by atoms with Gasteiger partial charge in [-0.2, -0.15) is 0 Å². The minimum atomic E-state index is -1.48. The minimum absolute atomic E-state index is 0. The summed E-state index contributed by atoms with van der Waals surface area (Å²) < 4.78 is 75.8. The lowest BCUT2D eigenvalue weighted by Gasteiger charge is -2.36. The number of amides is 1. The van der Waals surface area contributed by atoms with E-state index in [-0.39, 0.29) is 60.2 Å². The van der Waals surface area contributed by atoms with Gasteiger partial charge in [-0.3, -0.25) is 14.4 Å². The van der Waals surface area contributed by atoms with Gasteiger partial charge >= 0.3 is 5.97 Å². The number of carboxylic acids is 1. The quantitative estimate of drug-likeness (QED) is 0.0392. The first kappa shape index (κ1) is 53.6. The molecule has 1 amide bonds. The van der Waals surface area contributed by atoms with E-state index < -0.39 is 59.4 Å². The van der Waals surface area contributed by atoms with Gasteiger partial charge in [-0.15, -0.1) is 0 Å². The number of benzene rings is 6. The highest BCUT2D eigenvalue weighted by atomic mass is 19.1. The van der Waals surface area contributed by atoms with Crippen LogP contribution in [0.15, 0.2) is 121 Å². The number of nitrogens with two attached hydrogens (primary N) is 1. The number of halogens is 4. The van der Waals surface area contributed by atoms with E-state index in [1.165, 1.54) is 67.1 Å². The van der Waals surface area contributed by atoms with E-state index in [0.29, 0.717) is 37.6 Å². The van der Waals surface area contributed by atoms with Crippen LogP contribution in [-0.2, 0) is 9.59 Å². The lowest BCUT2D eigenvalue weighted by atomic mass is 9.98. The molecule has 0 aromatic heterocycles. The highest BCUT2D eigenvalue weighted by Gasteiger charge is 2.32. The molecule has 19 heteroatoms. The molecule has 0 unspecified atom stereocenters. The van der Waals surface area contributed by atoms with Crippen LogP contribution in [0.25, 0.3) is 22.3 Å². The smallest absolute Gasteiger partial charge is 0.377 e. The summed E-state index contributed by atoms with van der Waals surface area (Å²) in [5.41, 5.74) is 10.1. The van der Waals surface area contributed by atoms with Crippen LogP contribution in [0.5, 0.6) is 23.0 Å². The van der Waals surface area contributed by atoms with E-state index >= 15 is 0 Å². The number of carbonyl (C=O) groups excluding carboxylic acids is 3. The Balaban J connectivity index is 0.000000182. The van der Waals surface area contributed by atoms with Gasteiger partial charge in [0.1, 0.15) is 44.2 Å². The first-order valence-corrected chi connectivity index (χ1v) is 24.2. The number of Topliss-reactive ketones (excluding diaryl/α,β-unsaturated/α-hetero) is 2. The topological polar surface area (TPSA) is 210 Å². The molecule has 6 N–H and O–H groups in total. The Labute approximate surface area is 430 Å². The summed E-state index contributed by atoms with van der Waals surface area (Å²) >= 11 is 0. The number of ketones is 2. The number of aliphatic hydroxyl groups excluding tert-OH is 2. The first-order valence-electron chi connectivity index (χ1n) is 24.2. The van der Waals surface area contributed by atoms with Crippen LogP contribution in [-0.4, -0.2) is 126 Å². The molecule has 4 heterocycles. The van der Waals surface area contributed by atoms with Gasteiger partial charge < -0.3 is 55.1 Å². The van der Waals surface area contributed by atoms with E-state index in [1.54, 1.807) is 54.6 Å². The van der Waals surface area contributed by atoms with Crippen molar-refractivity contribution in [3.05, 3.63) is 167 Å². The number of likely N-dealkylation sites (tertiary alicyclic amines) is 2. The zero-order chi connectivity index (χ0) is 53.2. The summed E-state index contributed by atoms with van der Waals surface area (Å²) in [7, 11) is 0. The van der Waals surface area contributed by atoms with Gasteiger partial charge in [0.2, 0.25) is 5.78 Å². The second kappa shape index (κ2) is 24.6. The third-order valence-corrected chi connectivity index (χ3v) is 12.9. The van der Waals surface area contributed by atoms with Gasteiger partial charge in [-0.05, 0) is 121 Å². The van der Waals surface area contributed by atoms with Crippen molar-refractivity contribution in [2.75, 3.05) is 65.7 Å². The number of aliphatic hydroxyl groups is 2. The highest BCUT2D eigenvalue weighted by molar-refractivity contribution is 6.43. The summed E-state index contributed by atoms with van der Waals surface area (Å²) in [5.74, 6) is -5.30. The largest absolute Gasteiger partial charge is 0.486 e. The van der Waals surface area contributed by atoms with E-state index in [4.69, 9.17) is 29.8 Å². The molecule has 394 valence electrons. The highest BCUT2D eigenvalue weighted by Crippen LogP contribution is 2.38. The number of carbonyl (C=O) groups is 4. The van der Waals surface area contributed by atoms with Crippen molar-refractivity contribution >= 4 is 23.4 Å². The number of nitrogens with one attached hydrogen (secondary N) is 1. The molecule has 4 aliphatic heterocycles. The average Bonchev–Trinajstić information content (AvgIpc) is 3.40. The molecule has 6 aromatic rings. The predicted octanol–water partition coefficient (Wildman–Crippen LogP) is 7.18. The van der Waals surface area contributed by atoms with Crippen LogP contribution in [0.3, 0.4) is 0 Å². The molecule has 2 saturated heterocycles. The third kappa shape index (κ3) is 13.5. The Morgan fingerprint density at radius 1 is 0.547 bits per heavy atom. The summed E-state index contributed by atoms with van der Waals surface area (Å²) in [6.45, 7) is 5.72. The van der Waals surface area contributed by atoms with Crippen LogP contribution in [0, 0.1) is 23.3 Å². The van der Waals surface area contributed by atoms with Crippen LogP contribution in [0.1, 0.15) is 58.3 Å². The molecule has 0 spiro atoms. The van der Waals surface area contributed by atoms with Crippen molar-refractivity contribution in [1.82, 2.24) is 15.1 Å². The molecule has 0 radical (unpaired) electrons. The van der Waals surface area contributed by atoms with Gasteiger partial charge in [0, 0.05) is 31.7 Å². The van der Waals surface area contributed by atoms with Gasteiger partial charge in [-0.25, -0.2) is 22.4 Å². The fourth-order valence-electron chi connectivity index (χ4n) is 8.51. The van der Waals surface area contributed by atoms with Crippen molar-refractivity contribution in [1.29, 1.82) is 0 Å². The first-order chi connectivity index (χ1) is 36.1. The summed E-state index contributed by atoms with van der Waals surface area (Å²) in [5, 5.41) is 32.6. The normalized spacial score (nSPS) is 16.1. The number of hydrogen-bond donors (Lipinski definition) is 5. The van der Waals surface area contributed by atoms with Gasteiger partial charge in [0.15, 0.2) is 34.6 Å². The number of rotatable bonds is 15. The SMILES string of the molecule is N[C@H](CN1CCC1)[C@H](O)c1cc(F)c2c(c1)OCCO2.O=C(N[C@H](CN1CCC1)[C@H](O)c1cc(F)c2c(c1)OCCO2)C(=O)c1ccc(-c2ccc(F)cc2)cc1.O=C(O)C(=O)c1ccc(-c2ccc(F)cc2)cc1.[HH]. The monoisotopic (exact) mass is 1040 g/mol. The van der Waals surface area contributed by atoms with E-state index in [2.05, 4.69) is 10.2 Å². The average molecular weight is 1040 g/mol. The van der Waals surface area contributed by atoms with Crippen molar-refractivity contribution in [2.24, 2.45) is 5.73 Å². The molecule has 0 aliphatic carbocycles. The standard InChI is InChI=1S/C28H26F2N2O5.C14H19FN2O3.C14H9FO3.H2/c29-21-8-6-18(7-9-21)17-2-4-19(5-3-17)26(34)28(35)31-23(16-32-10-1-11-32)25(33)20-14-22(30)27-24(15-20)36-12-13-37-27;15-10-6-9(7-12-14(10)20-5-4-19-12)13(18)11(16)8-17-2-1-3-17;15-12-7-5-10(6-8-12)9-1-3-11(4-2-9)13(16)14(17)18;/h2-9,14-15,23,25,33H,1,10-13,16H2,(H,31,35);6-7,11,13,18H,1-5,8,16H2;1-8H,(H,17,18);1H/t23-,25-;11-,13-;;/m11../s1. The Morgan fingerprint density at radius 3 is 1.35 bits per heavy atom. The molecule has 6 aromatic carbocycles. The Kier molecular flexibility index (Phi) is 17.6. The van der Waals surface area contributed by atoms with E-state index in [1.807, 2.05) is 4.90 Å². The number of fused-ring (bicyclic) bond motifs is 2. The fourth-order valence-corrected chi connectivity index (χ4v) is 8.51. The van der Waals surface area contributed by atoms with Crippen molar-refractivity contribution in [2.45, 2.75) is 37.1 Å². The second-order valence-corrected chi connectivity index (χ2v) is 18.1. The molecule has 2 fully saturated rings. The molecule has 0 saturated carbocycles. The fraction of sp³-hybridized carbons (Fsp3) is 0.286. The molecular formula is C56H56F4N4O11. The molecule has 4 atom stereocenters. The molecule has 10 rings (SSSR count). The second-order valence-electron chi connectivity index (χ2n) is 18.1. The molecule has 4 aliphatic rings. The van der Waals surface area contributed by atoms with Crippen molar-refractivity contribution in [3.8, 4) is 45.3 Å². The van der Waals surface area contributed by atoms with Crippen molar-refractivity contribution in [3.63, 3.8) is 0 Å². The number of ether oxygens (including phenoxy) is 4. The number of hydrogen-bond acceptors (Lipinski definition) is 13. The number of carboxylic acid groups (broad SMARTS) is 1. The predicted molar refractivity (Wildman–Crippen MR) is 269 cm³/mol. The molecule has 0 bridgehead atoms. The summed E-state index contributed by atoms with van der Waals surface area (Å²) in [6, 6.07) is 28.6. The maximum Gasteiger partial charge on any atom is 0.377 e. The Morgan fingerprint density at radius 2 is 0.933 bits per heavy atom. The zero-order valence-electron chi connectivity index (χ0n) is 40.4. The zero-order valence-corrected chi connectivity index (χ0v) is 40.4. The molecular weight excluding hydrogens is 981 g/mol. The molecule has 15 nitrogen and oxygen atoms in total. The summed E-state index contributed by atoms with van der Waals surface area (Å²) in [4.78, 5) is 51.7.